The number of methoxy groups -OCH3 is 1. The number of benzene rings is 1. The molecule has 2 aliphatic rings. The largest absolute Gasteiger partial charge is 0.504 e. The molecule has 0 saturated carbocycles. The molecule has 1 amide bonds. The molecule has 1 saturated heterocycles. The number of rotatable bonds is 4. The molecule has 6 nitrogen and oxygen atoms in total. The van der Waals surface area contributed by atoms with Crippen LogP contribution in [0.5, 0.6) is 11.5 Å². The van der Waals surface area contributed by atoms with Crippen LogP contribution in [0, 0.1) is 0 Å². The Morgan fingerprint density at radius 1 is 1.33 bits per heavy atom. The number of hydrogen-bond acceptors (Lipinski definition) is 6. The van der Waals surface area contributed by atoms with Gasteiger partial charge in [-0.05, 0) is 37.6 Å². The third kappa shape index (κ3) is 3.84. The van der Waals surface area contributed by atoms with Crippen molar-refractivity contribution in [1.82, 2.24) is 9.80 Å². The number of piperazine rings is 1. The zero-order chi connectivity index (χ0) is 17.1. The van der Waals surface area contributed by atoms with Crippen LogP contribution >= 0.6 is 11.8 Å². The Labute approximate surface area is 146 Å². The average molecular weight is 349 g/mol. The van der Waals surface area contributed by atoms with Gasteiger partial charge in [0.2, 0.25) is 0 Å². The molecule has 1 unspecified atom stereocenters. The maximum absolute atomic E-state index is 12.2. The molecule has 24 heavy (non-hydrogen) atoms. The van der Waals surface area contributed by atoms with Crippen LogP contribution in [-0.4, -0.2) is 71.6 Å². The molecule has 0 spiro atoms. The Morgan fingerprint density at radius 2 is 2.08 bits per heavy atom. The molecule has 1 atom stereocenters. The van der Waals surface area contributed by atoms with Crippen LogP contribution < -0.4 is 4.74 Å². The molecule has 0 aliphatic carbocycles. The number of aryl methyl sites for hydroxylation is 1. The highest BCUT2D eigenvalue weighted by molar-refractivity contribution is 8.15. The number of phenolic OH excluding ortho intramolecular Hbond substituents is 1. The van der Waals surface area contributed by atoms with Crippen molar-refractivity contribution in [1.29, 1.82) is 0 Å². The highest BCUT2D eigenvalue weighted by atomic mass is 32.2. The molecular weight excluding hydrogens is 326 g/mol. The molecule has 130 valence electrons. The molecule has 0 bridgehead atoms. The van der Waals surface area contributed by atoms with E-state index in [9.17, 15) is 9.90 Å². The lowest BCUT2D eigenvalue weighted by Gasteiger charge is -2.33. The van der Waals surface area contributed by atoms with Gasteiger partial charge in [0.15, 0.2) is 16.7 Å². The van der Waals surface area contributed by atoms with E-state index in [1.54, 1.807) is 17.8 Å². The summed E-state index contributed by atoms with van der Waals surface area (Å²) in [4.78, 5) is 20.9. The monoisotopic (exact) mass is 349 g/mol. The summed E-state index contributed by atoms with van der Waals surface area (Å²) >= 11 is 1.59. The summed E-state index contributed by atoms with van der Waals surface area (Å²) in [5, 5.41) is 10.4. The summed E-state index contributed by atoms with van der Waals surface area (Å²) in [6.07, 6.45) is 1.49. The van der Waals surface area contributed by atoms with Crippen LogP contribution in [0.3, 0.4) is 0 Å². The second kappa shape index (κ2) is 7.44. The van der Waals surface area contributed by atoms with Crippen molar-refractivity contribution in [3.05, 3.63) is 23.8 Å². The van der Waals surface area contributed by atoms with Gasteiger partial charge in [-0.1, -0.05) is 17.8 Å². The average Bonchev–Trinajstić information content (AvgIpc) is 2.95. The summed E-state index contributed by atoms with van der Waals surface area (Å²) in [5.74, 6) is 0.570. The van der Waals surface area contributed by atoms with Crippen molar-refractivity contribution in [3.63, 3.8) is 0 Å². The number of aromatic hydroxyl groups is 1. The van der Waals surface area contributed by atoms with Crippen molar-refractivity contribution >= 4 is 22.8 Å². The first-order valence-electron chi connectivity index (χ1n) is 8.15. The van der Waals surface area contributed by atoms with Crippen LogP contribution in [-0.2, 0) is 11.2 Å². The molecule has 2 aliphatic heterocycles. The molecule has 1 aromatic carbocycles. The third-order valence-electron chi connectivity index (χ3n) is 4.44. The van der Waals surface area contributed by atoms with Crippen molar-refractivity contribution in [2.45, 2.75) is 18.1 Å². The van der Waals surface area contributed by atoms with E-state index in [0.717, 1.165) is 49.8 Å². The first-order valence-corrected chi connectivity index (χ1v) is 9.03. The molecule has 1 N–H and O–H groups in total. The van der Waals surface area contributed by atoms with E-state index in [0.29, 0.717) is 5.75 Å². The highest BCUT2D eigenvalue weighted by Gasteiger charge is 2.32. The Hall–Kier alpha value is -1.73. The number of ether oxygens (including phenoxy) is 1. The standard InChI is InChI=1S/C17H23N3O3S/c1-19-7-9-20(10-8-19)17-18-16(22)15(24-17)6-4-12-3-5-13(21)14(11-12)23-2/h3,5,11,15,21H,4,6-10H2,1-2H3. The number of amides is 1. The van der Waals surface area contributed by atoms with Gasteiger partial charge >= 0.3 is 0 Å². The van der Waals surface area contributed by atoms with Gasteiger partial charge in [-0.3, -0.25) is 4.79 Å². The van der Waals surface area contributed by atoms with Gasteiger partial charge in [0.1, 0.15) is 0 Å². The molecule has 2 heterocycles. The maximum atomic E-state index is 12.2. The molecule has 1 aromatic rings. The number of aliphatic imine (C=N–C) groups is 1. The van der Waals surface area contributed by atoms with E-state index in [4.69, 9.17) is 4.74 Å². The maximum Gasteiger partial charge on any atom is 0.261 e. The number of hydrogen-bond donors (Lipinski definition) is 1. The molecule has 0 aromatic heterocycles. The smallest absolute Gasteiger partial charge is 0.261 e. The summed E-state index contributed by atoms with van der Waals surface area (Å²) in [7, 11) is 3.65. The van der Waals surface area contributed by atoms with E-state index in [1.165, 1.54) is 7.11 Å². The minimum Gasteiger partial charge on any atom is -0.504 e. The lowest BCUT2D eigenvalue weighted by atomic mass is 10.1. The lowest BCUT2D eigenvalue weighted by Crippen LogP contribution is -2.46. The van der Waals surface area contributed by atoms with Crippen LogP contribution in [0.2, 0.25) is 0 Å². The van der Waals surface area contributed by atoms with Gasteiger partial charge in [0, 0.05) is 26.2 Å². The van der Waals surface area contributed by atoms with E-state index in [-0.39, 0.29) is 16.9 Å². The Bertz CT molecular complexity index is 642. The van der Waals surface area contributed by atoms with Crippen molar-refractivity contribution in [3.8, 4) is 11.5 Å². The first kappa shape index (κ1) is 17.1. The van der Waals surface area contributed by atoms with Gasteiger partial charge in [-0.25, -0.2) is 0 Å². The van der Waals surface area contributed by atoms with Crippen LogP contribution in [0.25, 0.3) is 0 Å². The number of thioether (sulfide) groups is 1. The van der Waals surface area contributed by atoms with Gasteiger partial charge < -0.3 is 19.6 Å². The number of carbonyl (C=O) groups is 1. The lowest BCUT2D eigenvalue weighted by molar-refractivity contribution is -0.117. The molecule has 7 heteroatoms. The number of amidine groups is 1. The number of likely N-dealkylation sites (N-methyl/N-ethyl adjacent to an activating group) is 1. The molecule has 0 radical (unpaired) electrons. The van der Waals surface area contributed by atoms with Crippen LogP contribution in [0.4, 0.5) is 0 Å². The topological polar surface area (TPSA) is 65.4 Å². The van der Waals surface area contributed by atoms with Crippen LogP contribution in [0.1, 0.15) is 12.0 Å². The summed E-state index contributed by atoms with van der Waals surface area (Å²) in [6, 6.07) is 5.32. The van der Waals surface area contributed by atoms with Gasteiger partial charge in [-0.2, -0.15) is 4.99 Å². The zero-order valence-electron chi connectivity index (χ0n) is 14.1. The number of phenols is 1. The number of carbonyl (C=O) groups excluding carboxylic acids is 1. The Balaban J connectivity index is 1.55. The van der Waals surface area contributed by atoms with Gasteiger partial charge in [0.25, 0.3) is 5.91 Å². The molecular formula is C17H23N3O3S. The SMILES string of the molecule is COc1cc(CCC2SC(N3CCN(C)CC3)=NC2=O)ccc1O. The fourth-order valence-corrected chi connectivity index (χ4v) is 3.99. The second-order valence-corrected chi connectivity index (χ2v) is 7.34. The fraction of sp³-hybridized carbons (Fsp3) is 0.529. The second-order valence-electron chi connectivity index (χ2n) is 6.17. The molecule has 3 rings (SSSR count). The Kier molecular flexibility index (Phi) is 5.30. The Morgan fingerprint density at radius 3 is 2.79 bits per heavy atom. The predicted octanol–water partition coefficient (Wildman–Crippen LogP) is 1.58. The van der Waals surface area contributed by atoms with Gasteiger partial charge in [-0.15, -0.1) is 0 Å². The quantitative estimate of drug-likeness (QED) is 0.890. The van der Waals surface area contributed by atoms with E-state index in [1.807, 2.05) is 12.1 Å². The van der Waals surface area contributed by atoms with Crippen molar-refractivity contribution in [2.24, 2.45) is 4.99 Å². The highest BCUT2D eigenvalue weighted by Crippen LogP contribution is 2.31. The van der Waals surface area contributed by atoms with E-state index in [2.05, 4.69) is 21.8 Å². The zero-order valence-corrected chi connectivity index (χ0v) is 14.9. The van der Waals surface area contributed by atoms with Crippen LogP contribution in [0.15, 0.2) is 23.2 Å². The fourth-order valence-electron chi connectivity index (χ4n) is 2.87. The predicted molar refractivity (Wildman–Crippen MR) is 95.9 cm³/mol. The minimum absolute atomic E-state index is 0.0281. The normalized spacial score (nSPS) is 21.9. The first-order chi connectivity index (χ1) is 11.6. The van der Waals surface area contributed by atoms with E-state index >= 15 is 0 Å². The van der Waals surface area contributed by atoms with Gasteiger partial charge in [0.05, 0.1) is 12.4 Å². The number of nitrogens with zero attached hydrogens (tertiary/aromatic N) is 3. The summed E-state index contributed by atoms with van der Waals surface area (Å²) in [5.41, 5.74) is 1.05. The third-order valence-corrected chi connectivity index (χ3v) is 5.72. The summed E-state index contributed by atoms with van der Waals surface area (Å²) < 4.78 is 5.13. The van der Waals surface area contributed by atoms with Crippen molar-refractivity contribution in [2.75, 3.05) is 40.3 Å². The summed E-state index contributed by atoms with van der Waals surface area (Å²) in [6.45, 7) is 3.87. The van der Waals surface area contributed by atoms with Crippen molar-refractivity contribution < 1.29 is 14.6 Å². The minimum atomic E-state index is -0.112. The van der Waals surface area contributed by atoms with E-state index < -0.39 is 0 Å². The molecule has 1 fully saturated rings.